The van der Waals surface area contributed by atoms with Crippen molar-refractivity contribution >= 4 is 11.5 Å². The summed E-state index contributed by atoms with van der Waals surface area (Å²) in [4.78, 5) is 4.11. The quantitative estimate of drug-likeness (QED) is 0.649. The van der Waals surface area contributed by atoms with Crippen LogP contribution in [0.2, 0.25) is 0 Å². The fraction of sp³-hybridized carbons (Fsp3) is 0.143. The molecule has 0 saturated heterocycles. The van der Waals surface area contributed by atoms with E-state index in [2.05, 4.69) is 15.4 Å². The number of nitrogens with one attached hydrogen (secondary N) is 1. The molecule has 2 rings (SSSR count). The summed E-state index contributed by atoms with van der Waals surface area (Å²) in [5.74, 6) is 0.944. The number of fused-ring (bicyclic) bond motifs is 1. The molecular formula is C7H8N4. The number of aromatic nitrogens is 3. The number of anilines is 1. The van der Waals surface area contributed by atoms with Crippen LogP contribution in [0.4, 0.5) is 5.82 Å². The molecule has 0 bridgehead atoms. The summed E-state index contributed by atoms with van der Waals surface area (Å²) in [7, 11) is 1.86. The maximum Gasteiger partial charge on any atom is 0.157 e. The predicted octanol–water partition coefficient (Wildman–Crippen LogP) is 0.771. The highest BCUT2D eigenvalue weighted by Crippen LogP contribution is 2.06. The van der Waals surface area contributed by atoms with Crippen molar-refractivity contribution in [2.45, 2.75) is 0 Å². The van der Waals surface area contributed by atoms with E-state index in [4.69, 9.17) is 0 Å². The Morgan fingerprint density at radius 1 is 1.36 bits per heavy atom. The first kappa shape index (κ1) is 6.15. The lowest BCUT2D eigenvalue weighted by Crippen LogP contribution is -1.99. The van der Waals surface area contributed by atoms with Crippen molar-refractivity contribution < 1.29 is 0 Å². The van der Waals surface area contributed by atoms with Crippen molar-refractivity contribution in [2.24, 2.45) is 0 Å². The fourth-order valence-electron chi connectivity index (χ4n) is 1.02. The second kappa shape index (κ2) is 2.23. The molecule has 0 unspecified atom stereocenters. The third-order valence-corrected chi connectivity index (χ3v) is 1.55. The number of hydrogen-bond acceptors (Lipinski definition) is 3. The molecule has 0 aromatic carbocycles. The monoisotopic (exact) mass is 148 g/mol. The zero-order valence-electron chi connectivity index (χ0n) is 6.15. The first-order valence-corrected chi connectivity index (χ1v) is 3.38. The van der Waals surface area contributed by atoms with Gasteiger partial charge in [-0.1, -0.05) is 0 Å². The Morgan fingerprint density at radius 2 is 2.27 bits per heavy atom. The van der Waals surface area contributed by atoms with Gasteiger partial charge in [0.15, 0.2) is 5.65 Å². The zero-order valence-corrected chi connectivity index (χ0v) is 6.15. The first-order chi connectivity index (χ1) is 5.42. The lowest BCUT2D eigenvalue weighted by molar-refractivity contribution is 0.943. The van der Waals surface area contributed by atoms with Gasteiger partial charge < -0.3 is 5.32 Å². The minimum Gasteiger partial charge on any atom is -0.373 e. The van der Waals surface area contributed by atoms with E-state index in [-0.39, 0.29) is 0 Å². The molecule has 1 N–H and O–H groups in total. The van der Waals surface area contributed by atoms with Crippen LogP contribution in [-0.4, -0.2) is 21.6 Å². The van der Waals surface area contributed by atoms with E-state index in [1.165, 1.54) is 0 Å². The Bertz CT molecular complexity index is 365. The second-order valence-corrected chi connectivity index (χ2v) is 2.18. The highest BCUT2D eigenvalue weighted by Gasteiger charge is 1.96. The van der Waals surface area contributed by atoms with Crippen molar-refractivity contribution in [1.82, 2.24) is 14.6 Å². The number of rotatable bonds is 1. The van der Waals surface area contributed by atoms with E-state index in [1.807, 2.05) is 19.2 Å². The average molecular weight is 148 g/mol. The van der Waals surface area contributed by atoms with Crippen molar-refractivity contribution in [2.75, 3.05) is 12.4 Å². The molecule has 0 radical (unpaired) electrons. The van der Waals surface area contributed by atoms with Gasteiger partial charge in [0.2, 0.25) is 0 Å². The molecule has 0 amide bonds. The Kier molecular flexibility index (Phi) is 1.25. The molecular weight excluding hydrogens is 140 g/mol. The molecule has 0 spiro atoms. The summed E-state index contributed by atoms with van der Waals surface area (Å²) >= 11 is 0. The molecule has 2 aromatic heterocycles. The fourth-order valence-corrected chi connectivity index (χ4v) is 1.02. The molecule has 0 aliphatic rings. The van der Waals surface area contributed by atoms with E-state index >= 15 is 0 Å². The summed E-state index contributed by atoms with van der Waals surface area (Å²) in [6.45, 7) is 0. The average Bonchev–Trinajstić information content (AvgIpc) is 2.50. The second-order valence-electron chi connectivity index (χ2n) is 2.18. The molecule has 0 aliphatic carbocycles. The SMILES string of the molecule is CNc1ccnc2ccnn12. The van der Waals surface area contributed by atoms with E-state index in [1.54, 1.807) is 16.9 Å². The molecule has 2 heterocycles. The van der Waals surface area contributed by atoms with Gasteiger partial charge in [-0.3, -0.25) is 0 Å². The molecule has 2 aromatic rings. The van der Waals surface area contributed by atoms with E-state index in [0.29, 0.717) is 0 Å². The Morgan fingerprint density at radius 3 is 3.09 bits per heavy atom. The minimum atomic E-state index is 0.858. The standard InChI is InChI=1S/C7H8N4/c1-8-6-2-4-9-7-3-5-10-11(6)7/h2-5,8H,1H3. The van der Waals surface area contributed by atoms with Gasteiger partial charge in [0.25, 0.3) is 0 Å². The van der Waals surface area contributed by atoms with Gasteiger partial charge in [-0.25, -0.2) is 4.98 Å². The largest absolute Gasteiger partial charge is 0.373 e. The molecule has 11 heavy (non-hydrogen) atoms. The van der Waals surface area contributed by atoms with Crippen LogP contribution < -0.4 is 5.32 Å². The van der Waals surface area contributed by atoms with Crippen molar-refractivity contribution in [3.63, 3.8) is 0 Å². The van der Waals surface area contributed by atoms with Crippen molar-refractivity contribution in [3.8, 4) is 0 Å². The Hall–Kier alpha value is -1.58. The van der Waals surface area contributed by atoms with Crippen molar-refractivity contribution in [1.29, 1.82) is 0 Å². The molecule has 56 valence electrons. The summed E-state index contributed by atoms with van der Waals surface area (Å²) in [6, 6.07) is 3.74. The normalized spacial score (nSPS) is 10.3. The Balaban J connectivity index is 2.79. The van der Waals surface area contributed by atoms with Crippen LogP contribution in [-0.2, 0) is 0 Å². The number of hydrogen-bond donors (Lipinski definition) is 1. The van der Waals surface area contributed by atoms with Crippen LogP contribution >= 0.6 is 0 Å². The van der Waals surface area contributed by atoms with Crippen LogP contribution in [0.1, 0.15) is 0 Å². The maximum atomic E-state index is 4.11. The molecule has 4 nitrogen and oxygen atoms in total. The Labute approximate surface area is 63.9 Å². The minimum absolute atomic E-state index is 0.858. The smallest absolute Gasteiger partial charge is 0.157 e. The van der Waals surface area contributed by atoms with Gasteiger partial charge >= 0.3 is 0 Å². The van der Waals surface area contributed by atoms with Gasteiger partial charge in [-0.2, -0.15) is 9.61 Å². The highest BCUT2D eigenvalue weighted by molar-refractivity contribution is 5.46. The molecule has 0 aliphatic heterocycles. The molecule has 4 heteroatoms. The lowest BCUT2D eigenvalue weighted by atomic mass is 10.5. The summed E-state index contributed by atoms with van der Waals surface area (Å²) in [5.41, 5.74) is 0.858. The molecule has 0 fully saturated rings. The lowest BCUT2D eigenvalue weighted by Gasteiger charge is -2.00. The van der Waals surface area contributed by atoms with Crippen LogP contribution in [0.25, 0.3) is 5.65 Å². The first-order valence-electron chi connectivity index (χ1n) is 3.38. The van der Waals surface area contributed by atoms with E-state index < -0.39 is 0 Å². The number of nitrogens with zero attached hydrogens (tertiary/aromatic N) is 3. The summed E-state index contributed by atoms with van der Waals surface area (Å²) in [6.07, 6.45) is 3.48. The topological polar surface area (TPSA) is 42.2 Å². The van der Waals surface area contributed by atoms with Crippen LogP contribution in [0, 0.1) is 0 Å². The van der Waals surface area contributed by atoms with Crippen molar-refractivity contribution in [3.05, 3.63) is 24.5 Å². The third-order valence-electron chi connectivity index (χ3n) is 1.55. The van der Waals surface area contributed by atoms with E-state index in [9.17, 15) is 0 Å². The van der Waals surface area contributed by atoms with E-state index in [0.717, 1.165) is 11.5 Å². The maximum absolute atomic E-state index is 4.11. The third kappa shape index (κ3) is 0.832. The molecule has 0 atom stereocenters. The molecule has 0 saturated carbocycles. The van der Waals surface area contributed by atoms with Gasteiger partial charge in [-0.05, 0) is 6.07 Å². The van der Waals surface area contributed by atoms with Gasteiger partial charge in [0, 0.05) is 19.3 Å². The van der Waals surface area contributed by atoms with Gasteiger partial charge in [0.1, 0.15) is 5.82 Å². The summed E-state index contributed by atoms with van der Waals surface area (Å²) < 4.78 is 1.75. The predicted molar refractivity (Wildman–Crippen MR) is 42.5 cm³/mol. The van der Waals surface area contributed by atoms with Gasteiger partial charge in [0.05, 0.1) is 6.20 Å². The summed E-state index contributed by atoms with van der Waals surface area (Å²) in [5, 5.41) is 7.10. The van der Waals surface area contributed by atoms with Gasteiger partial charge in [-0.15, -0.1) is 0 Å². The van der Waals surface area contributed by atoms with Crippen LogP contribution in [0.15, 0.2) is 24.5 Å². The zero-order chi connectivity index (χ0) is 7.68. The highest BCUT2D eigenvalue weighted by atomic mass is 15.3. The van der Waals surface area contributed by atoms with Crippen LogP contribution in [0.5, 0.6) is 0 Å². The van der Waals surface area contributed by atoms with Crippen LogP contribution in [0.3, 0.4) is 0 Å².